The Balaban J connectivity index is 1.73. The monoisotopic (exact) mass is 297 g/mol. The van der Waals surface area contributed by atoms with Crippen LogP contribution >= 0.6 is 0 Å². The summed E-state index contributed by atoms with van der Waals surface area (Å²) in [5, 5.41) is 0. The van der Waals surface area contributed by atoms with Gasteiger partial charge in [0.2, 0.25) is 10.0 Å². The molecule has 6 nitrogen and oxygen atoms in total. The molecule has 0 amide bonds. The third-order valence-corrected chi connectivity index (χ3v) is 5.38. The van der Waals surface area contributed by atoms with Crippen molar-refractivity contribution >= 4 is 10.0 Å². The average Bonchev–Trinajstić information content (AvgIpc) is 2.80. The number of ether oxygens (including phenoxy) is 1. The SMILES string of the molecule is Cc1nccc([C@H]2C[C@H]3CCN(S(C)(=O)=O)C[C@@H]3O2)n1. The van der Waals surface area contributed by atoms with Crippen LogP contribution in [0.3, 0.4) is 0 Å². The first-order valence-electron chi connectivity index (χ1n) is 6.83. The summed E-state index contributed by atoms with van der Waals surface area (Å²) < 4.78 is 30.8. The summed E-state index contributed by atoms with van der Waals surface area (Å²) in [6.45, 7) is 2.92. The molecule has 0 radical (unpaired) electrons. The van der Waals surface area contributed by atoms with E-state index in [0.29, 0.717) is 19.0 Å². The molecule has 0 aliphatic carbocycles. The van der Waals surface area contributed by atoms with Crippen LogP contribution in [-0.2, 0) is 14.8 Å². The Kier molecular flexibility index (Phi) is 3.51. The molecule has 0 N–H and O–H groups in total. The van der Waals surface area contributed by atoms with Gasteiger partial charge in [-0.3, -0.25) is 0 Å². The number of rotatable bonds is 2. The molecule has 3 rings (SSSR count). The van der Waals surface area contributed by atoms with Gasteiger partial charge < -0.3 is 4.74 Å². The molecular weight excluding hydrogens is 278 g/mol. The normalized spacial score (nSPS) is 31.2. The fraction of sp³-hybridized carbons (Fsp3) is 0.692. The molecule has 3 heterocycles. The molecular formula is C13H19N3O3S. The van der Waals surface area contributed by atoms with Gasteiger partial charge in [0.15, 0.2) is 0 Å². The number of nitrogens with zero attached hydrogens (tertiary/aromatic N) is 3. The largest absolute Gasteiger partial charge is 0.367 e. The van der Waals surface area contributed by atoms with Crippen molar-refractivity contribution in [3.63, 3.8) is 0 Å². The Hall–Kier alpha value is -1.05. The van der Waals surface area contributed by atoms with E-state index in [-0.39, 0.29) is 12.2 Å². The summed E-state index contributed by atoms with van der Waals surface area (Å²) in [5.41, 5.74) is 0.901. The Morgan fingerprint density at radius 2 is 2.25 bits per heavy atom. The average molecular weight is 297 g/mol. The molecule has 7 heteroatoms. The van der Waals surface area contributed by atoms with Crippen molar-refractivity contribution in [1.82, 2.24) is 14.3 Å². The highest BCUT2D eigenvalue weighted by Gasteiger charge is 2.41. The van der Waals surface area contributed by atoms with Gasteiger partial charge in [0.25, 0.3) is 0 Å². The number of hydrogen-bond donors (Lipinski definition) is 0. The predicted molar refractivity (Wildman–Crippen MR) is 73.5 cm³/mol. The van der Waals surface area contributed by atoms with Gasteiger partial charge in [0.05, 0.1) is 18.1 Å². The highest BCUT2D eigenvalue weighted by atomic mass is 32.2. The van der Waals surface area contributed by atoms with Gasteiger partial charge in [0, 0.05) is 19.3 Å². The highest BCUT2D eigenvalue weighted by Crippen LogP contribution is 2.40. The lowest BCUT2D eigenvalue weighted by molar-refractivity contribution is 0.00866. The minimum Gasteiger partial charge on any atom is -0.367 e. The molecule has 2 aliphatic rings. The molecule has 1 aromatic rings. The van der Waals surface area contributed by atoms with E-state index in [4.69, 9.17) is 4.74 Å². The van der Waals surface area contributed by atoms with Crippen LogP contribution in [0.5, 0.6) is 0 Å². The number of fused-ring (bicyclic) bond motifs is 1. The molecule has 110 valence electrons. The van der Waals surface area contributed by atoms with E-state index in [1.807, 2.05) is 13.0 Å². The first-order chi connectivity index (χ1) is 9.43. The van der Waals surface area contributed by atoms with Gasteiger partial charge in [-0.2, -0.15) is 4.31 Å². The number of sulfonamides is 1. The number of piperidine rings is 1. The van der Waals surface area contributed by atoms with Gasteiger partial charge >= 0.3 is 0 Å². The van der Waals surface area contributed by atoms with Crippen LogP contribution < -0.4 is 0 Å². The number of hydrogen-bond acceptors (Lipinski definition) is 5. The van der Waals surface area contributed by atoms with Gasteiger partial charge in [-0.1, -0.05) is 0 Å². The maximum atomic E-state index is 11.6. The van der Waals surface area contributed by atoms with Crippen molar-refractivity contribution in [2.45, 2.75) is 32.0 Å². The zero-order chi connectivity index (χ0) is 14.3. The maximum absolute atomic E-state index is 11.6. The van der Waals surface area contributed by atoms with E-state index in [1.54, 1.807) is 6.20 Å². The van der Waals surface area contributed by atoms with Crippen molar-refractivity contribution in [3.05, 3.63) is 23.8 Å². The highest BCUT2D eigenvalue weighted by molar-refractivity contribution is 7.88. The minimum atomic E-state index is -3.13. The van der Waals surface area contributed by atoms with E-state index in [2.05, 4.69) is 9.97 Å². The Morgan fingerprint density at radius 3 is 2.95 bits per heavy atom. The second-order valence-corrected chi connectivity index (χ2v) is 7.58. The van der Waals surface area contributed by atoms with Gasteiger partial charge in [-0.15, -0.1) is 0 Å². The summed E-state index contributed by atoms with van der Waals surface area (Å²) >= 11 is 0. The van der Waals surface area contributed by atoms with Gasteiger partial charge in [-0.25, -0.2) is 18.4 Å². The fourth-order valence-corrected chi connectivity index (χ4v) is 3.90. The standard InChI is InChI=1S/C13H19N3O3S/c1-9-14-5-3-11(15-9)12-7-10-4-6-16(20(2,17)18)8-13(10)19-12/h3,5,10,12-13H,4,6-8H2,1-2H3/t10-,12-,13+/m1/s1. The summed E-state index contributed by atoms with van der Waals surface area (Å²) in [4.78, 5) is 8.50. The number of aryl methyl sites for hydroxylation is 1. The van der Waals surface area contributed by atoms with Crippen molar-refractivity contribution < 1.29 is 13.2 Å². The second kappa shape index (κ2) is 5.05. The maximum Gasteiger partial charge on any atom is 0.211 e. The van der Waals surface area contributed by atoms with E-state index in [1.165, 1.54) is 10.6 Å². The van der Waals surface area contributed by atoms with Crippen molar-refractivity contribution in [1.29, 1.82) is 0 Å². The molecule has 2 saturated heterocycles. The zero-order valence-corrected chi connectivity index (χ0v) is 12.5. The first kappa shape index (κ1) is 13.9. The molecule has 0 spiro atoms. The number of aromatic nitrogens is 2. The zero-order valence-electron chi connectivity index (χ0n) is 11.7. The molecule has 1 aromatic heterocycles. The van der Waals surface area contributed by atoms with E-state index < -0.39 is 10.0 Å². The van der Waals surface area contributed by atoms with Crippen LogP contribution in [0.15, 0.2) is 12.3 Å². The lowest BCUT2D eigenvalue weighted by Gasteiger charge is -2.32. The lowest BCUT2D eigenvalue weighted by Crippen LogP contribution is -2.44. The van der Waals surface area contributed by atoms with Gasteiger partial charge in [0.1, 0.15) is 11.9 Å². The first-order valence-corrected chi connectivity index (χ1v) is 8.68. The van der Waals surface area contributed by atoms with Crippen LogP contribution in [0, 0.1) is 12.8 Å². The van der Waals surface area contributed by atoms with Crippen molar-refractivity contribution in [2.75, 3.05) is 19.3 Å². The Morgan fingerprint density at radius 1 is 1.45 bits per heavy atom. The minimum absolute atomic E-state index is 0.0150. The van der Waals surface area contributed by atoms with Crippen LogP contribution in [0.4, 0.5) is 0 Å². The van der Waals surface area contributed by atoms with E-state index >= 15 is 0 Å². The second-order valence-electron chi connectivity index (χ2n) is 5.60. The van der Waals surface area contributed by atoms with Crippen molar-refractivity contribution in [3.8, 4) is 0 Å². The van der Waals surface area contributed by atoms with E-state index in [9.17, 15) is 8.42 Å². The van der Waals surface area contributed by atoms with Crippen LogP contribution in [0.25, 0.3) is 0 Å². The summed E-state index contributed by atoms with van der Waals surface area (Å²) in [5.74, 6) is 1.16. The summed E-state index contributed by atoms with van der Waals surface area (Å²) in [6, 6.07) is 1.88. The molecule has 0 saturated carbocycles. The smallest absolute Gasteiger partial charge is 0.211 e. The Bertz CT molecular complexity index is 605. The van der Waals surface area contributed by atoms with Crippen molar-refractivity contribution in [2.24, 2.45) is 5.92 Å². The summed E-state index contributed by atoms with van der Waals surface area (Å²) in [6.07, 6.45) is 4.72. The molecule has 0 aromatic carbocycles. The van der Waals surface area contributed by atoms with Crippen LogP contribution in [-0.4, -0.2) is 48.1 Å². The van der Waals surface area contributed by atoms with Crippen LogP contribution in [0.2, 0.25) is 0 Å². The molecule has 0 unspecified atom stereocenters. The molecule has 3 atom stereocenters. The fourth-order valence-electron chi connectivity index (χ4n) is 3.05. The van der Waals surface area contributed by atoms with E-state index in [0.717, 1.165) is 24.4 Å². The predicted octanol–water partition coefficient (Wildman–Crippen LogP) is 0.897. The Labute approximate surface area is 119 Å². The van der Waals surface area contributed by atoms with Crippen LogP contribution in [0.1, 0.15) is 30.5 Å². The molecule has 2 aliphatic heterocycles. The third kappa shape index (κ3) is 2.70. The lowest BCUT2D eigenvalue weighted by atomic mass is 9.92. The third-order valence-electron chi connectivity index (χ3n) is 4.11. The molecule has 2 fully saturated rings. The molecule has 20 heavy (non-hydrogen) atoms. The molecule has 0 bridgehead atoms. The van der Waals surface area contributed by atoms with Gasteiger partial charge in [-0.05, 0) is 31.7 Å². The topological polar surface area (TPSA) is 72.4 Å². The quantitative estimate of drug-likeness (QED) is 0.811. The summed E-state index contributed by atoms with van der Waals surface area (Å²) in [7, 11) is -3.13.